The van der Waals surface area contributed by atoms with Crippen LogP contribution in [0.4, 0.5) is 0 Å². The largest absolute Gasteiger partial charge is 0.387 e. The lowest BCUT2D eigenvalue weighted by atomic mass is 10.0. The number of methoxy groups -OCH3 is 1. The van der Waals surface area contributed by atoms with Crippen LogP contribution in [0, 0.1) is 13.8 Å². The van der Waals surface area contributed by atoms with Crippen molar-refractivity contribution in [2.75, 3.05) is 20.3 Å². The van der Waals surface area contributed by atoms with E-state index in [1.807, 2.05) is 38.1 Å². The van der Waals surface area contributed by atoms with Crippen LogP contribution in [0.3, 0.4) is 0 Å². The SMILES string of the molecule is COCCc1nc(C)c(C(C)NCC(O)c2ccccc2C)s1. The molecular formula is C18H26N2O2S. The van der Waals surface area contributed by atoms with E-state index in [2.05, 4.69) is 17.2 Å². The highest BCUT2D eigenvalue weighted by Gasteiger charge is 2.16. The maximum absolute atomic E-state index is 10.4. The molecule has 0 saturated heterocycles. The Labute approximate surface area is 142 Å². The van der Waals surface area contributed by atoms with Crippen LogP contribution in [0.25, 0.3) is 0 Å². The van der Waals surface area contributed by atoms with Gasteiger partial charge < -0.3 is 15.2 Å². The molecule has 1 aromatic carbocycles. The molecule has 5 heteroatoms. The molecule has 1 heterocycles. The number of aryl methyl sites for hydroxylation is 2. The Kier molecular flexibility index (Phi) is 6.72. The molecular weight excluding hydrogens is 308 g/mol. The normalized spacial score (nSPS) is 14.0. The van der Waals surface area contributed by atoms with Crippen LogP contribution in [-0.4, -0.2) is 30.4 Å². The minimum Gasteiger partial charge on any atom is -0.387 e. The van der Waals surface area contributed by atoms with Crippen LogP contribution >= 0.6 is 11.3 Å². The lowest BCUT2D eigenvalue weighted by molar-refractivity contribution is 0.170. The fourth-order valence-electron chi connectivity index (χ4n) is 2.62. The molecule has 0 aliphatic heterocycles. The molecule has 126 valence electrons. The van der Waals surface area contributed by atoms with E-state index >= 15 is 0 Å². The number of aromatic nitrogens is 1. The molecule has 0 amide bonds. The van der Waals surface area contributed by atoms with Gasteiger partial charge in [-0.25, -0.2) is 4.98 Å². The van der Waals surface area contributed by atoms with Gasteiger partial charge in [-0.15, -0.1) is 11.3 Å². The second kappa shape index (κ2) is 8.55. The van der Waals surface area contributed by atoms with Gasteiger partial charge in [0.2, 0.25) is 0 Å². The van der Waals surface area contributed by atoms with Gasteiger partial charge >= 0.3 is 0 Å². The number of hydrogen-bond acceptors (Lipinski definition) is 5. The van der Waals surface area contributed by atoms with E-state index in [1.54, 1.807) is 18.4 Å². The molecule has 1 aromatic heterocycles. The lowest BCUT2D eigenvalue weighted by Crippen LogP contribution is -2.25. The highest BCUT2D eigenvalue weighted by atomic mass is 32.1. The van der Waals surface area contributed by atoms with Crippen molar-refractivity contribution in [3.63, 3.8) is 0 Å². The Morgan fingerprint density at radius 3 is 2.74 bits per heavy atom. The molecule has 2 atom stereocenters. The van der Waals surface area contributed by atoms with Crippen LogP contribution in [0.1, 0.15) is 45.8 Å². The maximum atomic E-state index is 10.4. The summed E-state index contributed by atoms with van der Waals surface area (Å²) in [4.78, 5) is 5.83. The van der Waals surface area contributed by atoms with Gasteiger partial charge in [-0.05, 0) is 31.9 Å². The summed E-state index contributed by atoms with van der Waals surface area (Å²) in [5, 5.41) is 14.9. The van der Waals surface area contributed by atoms with E-state index in [-0.39, 0.29) is 6.04 Å². The van der Waals surface area contributed by atoms with E-state index in [4.69, 9.17) is 4.74 Å². The smallest absolute Gasteiger partial charge is 0.0954 e. The molecule has 0 aliphatic carbocycles. The molecule has 4 nitrogen and oxygen atoms in total. The van der Waals surface area contributed by atoms with Gasteiger partial charge in [0, 0.05) is 31.0 Å². The van der Waals surface area contributed by atoms with Crippen molar-refractivity contribution in [2.24, 2.45) is 0 Å². The summed E-state index contributed by atoms with van der Waals surface area (Å²) in [6, 6.07) is 8.13. The molecule has 0 bridgehead atoms. The van der Waals surface area contributed by atoms with E-state index in [0.717, 1.165) is 28.2 Å². The highest BCUT2D eigenvalue weighted by Crippen LogP contribution is 2.26. The number of thiazole rings is 1. The first kappa shape index (κ1) is 18.1. The average molecular weight is 334 g/mol. The second-order valence-corrected chi connectivity index (χ2v) is 6.92. The first-order chi connectivity index (χ1) is 11.0. The zero-order valence-corrected chi connectivity index (χ0v) is 15.1. The summed E-state index contributed by atoms with van der Waals surface area (Å²) in [5.74, 6) is 0. The molecule has 2 rings (SSSR count). The van der Waals surface area contributed by atoms with E-state index in [0.29, 0.717) is 13.2 Å². The molecule has 23 heavy (non-hydrogen) atoms. The van der Waals surface area contributed by atoms with Crippen LogP contribution in [0.15, 0.2) is 24.3 Å². The zero-order valence-electron chi connectivity index (χ0n) is 14.3. The minimum atomic E-state index is -0.500. The summed E-state index contributed by atoms with van der Waals surface area (Å²) in [6.45, 7) is 7.40. The first-order valence-corrected chi connectivity index (χ1v) is 8.76. The minimum absolute atomic E-state index is 0.169. The molecule has 0 fully saturated rings. The van der Waals surface area contributed by atoms with E-state index in [1.165, 1.54) is 4.88 Å². The Hall–Kier alpha value is -1.27. The molecule has 0 spiro atoms. The molecule has 2 N–H and O–H groups in total. The van der Waals surface area contributed by atoms with Crippen molar-refractivity contribution < 1.29 is 9.84 Å². The number of hydrogen-bond donors (Lipinski definition) is 2. The average Bonchev–Trinajstić information content (AvgIpc) is 2.91. The summed E-state index contributed by atoms with van der Waals surface area (Å²) in [7, 11) is 1.71. The van der Waals surface area contributed by atoms with Crippen molar-refractivity contribution in [2.45, 2.75) is 39.3 Å². The second-order valence-electron chi connectivity index (χ2n) is 5.80. The van der Waals surface area contributed by atoms with Crippen molar-refractivity contribution in [3.8, 4) is 0 Å². The summed E-state index contributed by atoms with van der Waals surface area (Å²) >= 11 is 1.72. The van der Waals surface area contributed by atoms with Crippen molar-refractivity contribution >= 4 is 11.3 Å². The molecule has 0 radical (unpaired) electrons. The fraction of sp³-hybridized carbons (Fsp3) is 0.500. The van der Waals surface area contributed by atoms with E-state index < -0.39 is 6.10 Å². The summed E-state index contributed by atoms with van der Waals surface area (Å²) in [5.41, 5.74) is 3.16. The maximum Gasteiger partial charge on any atom is 0.0954 e. The molecule has 2 unspecified atom stereocenters. The third kappa shape index (κ3) is 4.85. The Bertz CT molecular complexity index is 627. The predicted molar refractivity (Wildman–Crippen MR) is 95.0 cm³/mol. The number of nitrogens with zero attached hydrogens (tertiary/aromatic N) is 1. The standard InChI is InChI=1S/C18H26N2O2S/c1-12-7-5-6-8-15(12)16(21)11-19-13(2)18-14(3)20-17(23-18)9-10-22-4/h5-8,13,16,19,21H,9-11H2,1-4H3. The van der Waals surface area contributed by atoms with Gasteiger partial charge in [0.25, 0.3) is 0 Å². The van der Waals surface area contributed by atoms with Crippen molar-refractivity contribution in [3.05, 3.63) is 51.0 Å². The van der Waals surface area contributed by atoms with Crippen LogP contribution in [-0.2, 0) is 11.2 Å². The monoisotopic (exact) mass is 334 g/mol. The van der Waals surface area contributed by atoms with Crippen molar-refractivity contribution in [1.29, 1.82) is 0 Å². The summed E-state index contributed by atoms with van der Waals surface area (Å²) < 4.78 is 5.11. The third-order valence-corrected chi connectivity index (χ3v) is 5.35. The Morgan fingerprint density at radius 1 is 1.30 bits per heavy atom. The van der Waals surface area contributed by atoms with Crippen LogP contribution in [0.5, 0.6) is 0 Å². The fourth-order valence-corrected chi connectivity index (χ4v) is 3.69. The number of rotatable bonds is 8. The molecule has 2 aromatic rings. The van der Waals surface area contributed by atoms with E-state index in [9.17, 15) is 5.11 Å². The number of nitrogens with one attached hydrogen (secondary N) is 1. The number of aliphatic hydroxyl groups excluding tert-OH is 1. The Morgan fingerprint density at radius 2 is 2.04 bits per heavy atom. The van der Waals surface area contributed by atoms with Crippen LogP contribution in [0.2, 0.25) is 0 Å². The topological polar surface area (TPSA) is 54.4 Å². The first-order valence-electron chi connectivity index (χ1n) is 7.95. The number of ether oxygens (including phenoxy) is 1. The van der Waals surface area contributed by atoms with Gasteiger partial charge in [-0.1, -0.05) is 24.3 Å². The zero-order chi connectivity index (χ0) is 16.8. The van der Waals surface area contributed by atoms with Crippen LogP contribution < -0.4 is 5.32 Å². The van der Waals surface area contributed by atoms with Gasteiger partial charge in [0.15, 0.2) is 0 Å². The molecule has 0 aliphatic rings. The third-order valence-electron chi connectivity index (χ3n) is 3.95. The number of aliphatic hydroxyl groups is 1. The Balaban J connectivity index is 1.95. The molecule has 0 saturated carbocycles. The quantitative estimate of drug-likeness (QED) is 0.777. The summed E-state index contributed by atoms with van der Waals surface area (Å²) in [6.07, 6.45) is 0.348. The predicted octanol–water partition coefficient (Wildman–Crippen LogP) is 3.33. The number of benzene rings is 1. The lowest BCUT2D eigenvalue weighted by Gasteiger charge is -2.18. The van der Waals surface area contributed by atoms with Gasteiger partial charge in [0.1, 0.15) is 0 Å². The van der Waals surface area contributed by atoms with Gasteiger partial charge in [0.05, 0.1) is 23.4 Å². The van der Waals surface area contributed by atoms with Crippen molar-refractivity contribution in [1.82, 2.24) is 10.3 Å². The van der Waals surface area contributed by atoms with Gasteiger partial charge in [-0.3, -0.25) is 0 Å². The highest BCUT2D eigenvalue weighted by molar-refractivity contribution is 7.11. The van der Waals surface area contributed by atoms with Gasteiger partial charge in [-0.2, -0.15) is 0 Å².